The number of aryl methyl sites for hydroxylation is 1. The zero-order chi connectivity index (χ0) is 18.0. The first kappa shape index (κ1) is 17.5. The minimum atomic E-state index is -0.272. The Labute approximate surface area is 149 Å². The number of anilines is 1. The number of ether oxygens (including phenoxy) is 1. The molecule has 0 spiro atoms. The lowest BCUT2D eigenvalue weighted by molar-refractivity contribution is -0.120. The number of fused-ring (bicyclic) bond motifs is 1. The van der Waals surface area contributed by atoms with Crippen LogP contribution in [0.5, 0.6) is 5.75 Å². The fourth-order valence-corrected chi connectivity index (χ4v) is 3.53. The van der Waals surface area contributed by atoms with Crippen LogP contribution in [-0.4, -0.2) is 25.6 Å². The molecule has 0 saturated carbocycles. The third-order valence-electron chi connectivity index (χ3n) is 4.88. The first-order valence-electron chi connectivity index (χ1n) is 8.81. The zero-order valence-electron chi connectivity index (χ0n) is 15.4. The molecule has 1 N–H and O–H groups in total. The number of para-hydroxylation sites is 1. The molecule has 0 saturated heterocycles. The second-order valence-electron chi connectivity index (χ2n) is 6.72. The lowest BCUT2D eigenvalue weighted by Gasteiger charge is -2.26. The van der Waals surface area contributed by atoms with Crippen LogP contribution in [0.3, 0.4) is 0 Å². The van der Waals surface area contributed by atoms with Crippen LogP contribution < -0.4 is 15.0 Å². The van der Waals surface area contributed by atoms with Crippen molar-refractivity contribution in [3.63, 3.8) is 0 Å². The molecule has 3 rings (SSSR count). The third-order valence-corrected chi connectivity index (χ3v) is 4.88. The summed E-state index contributed by atoms with van der Waals surface area (Å²) >= 11 is 0. The van der Waals surface area contributed by atoms with E-state index in [4.69, 9.17) is 4.74 Å². The van der Waals surface area contributed by atoms with Crippen molar-refractivity contribution in [3.05, 3.63) is 59.2 Å². The molecule has 1 aliphatic heterocycles. The summed E-state index contributed by atoms with van der Waals surface area (Å²) in [5, 5.41) is 3.43. The van der Waals surface area contributed by atoms with Crippen molar-refractivity contribution in [2.75, 3.05) is 18.6 Å². The van der Waals surface area contributed by atoms with Crippen molar-refractivity contribution >= 4 is 11.6 Å². The van der Waals surface area contributed by atoms with Crippen molar-refractivity contribution in [2.45, 2.75) is 39.3 Å². The van der Waals surface area contributed by atoms with Gasteiger partial charge in [-0.2, -0.15) is 0 Å². The van der Waals surface area contributed by atoms with Crippen LogP contribution in [0.15, 0.2) is 42.5 Å². The number of amides is 1. The highest BCUT2D eigenvalue weighted by Gasteiger charge is 2.28. The second-order valence-corrected chi connectivity index (χ2v) is 6.72. The van der Waals surface area contributed by atoms with Gasteiger partial charge in [0.15, 0.2) is 0 Å². The molecule has 2 aromatic rings. The Bertz CT molecular complexity index is 772. The summed E-state index contributed by atoms with van der Waals surface area (Å²) in [5.41, 5.74) is 4.54. The molecule has 2 aromatic carbocycles. The average molecular weight is 338 g/mol. The summed E-state index contributed by atoms with van der Waals surface area (Å²) in [7, 11) is 1.68. The molecule has 2 unspecified atom stereocenters. The van der Waals surface area contributed by atoms with E-state index in [-0.39, 0.29) is 18.0 Å². The van der Waals surface area contributed by atoms with Gasteiger partial charge in [0.1, 0.15) is 5.75 Å². The summed E-state index contributed by atoms with van der Waals surface area (Å²) in [6, 6.07) is 14.0. The summed E-state index contributed by atoms with van der Waals surface area (Å²) in [5.74, 6) is 0.959. The molecular weight excluding hydrogens is 312 g/mol. The largest absolute Gasteiger partial charge is 0.496 e. The van der Waals surface area contributed by atoms with Gasteiger partial charge in [-0.15, -0.1) is 0 Å². The van der Waals surface area contributed by atoms with E-state index < -0.39 is 0 Å². The average Bonchev–Trinajstić information content (AvgIpc) is 3.05. The molecule has 25 heavy (non-hydrogen) atoms. The van der Waals surface area contributed by atoms with Gasteiger partial charge in [-0.1, -0.05) is 35.9 Å². The molecule has 1 heterocycles. The van der Waals surface area contributed by atoms with Gasteiger partial charge < -0.3 is 9.64 Å². The number of rotatable bonds is 5. The van der Waals surface area contributed by atoms with Crippen LogP contribution in [0.2, 0.25) is 0 Å². The van der Waals surface area contributed by atoms with E-state index in [2.05, 4.69) is 31.3 Å². The molecule has 132 valence electrons. The topological polar surface area (TPSA) is 41.6 Å². The summed E-state index contributed by atoms with van der Waals surface area (Å²) < 4.78 is 5.47. The van der Waals surface area contributed by atoms with Crippen LogP contribution in [0.4, 0.5) is 5.69 Å². The van der Waals surface area contributed by atoms with Crippen LogP contribution in [-0.2, 0) is 11.2 Å². The van der Waals surface area contributed by atoms with Gasteiger partial charge in [0.05, 0.1) is 13.2 Å². The molecule has 4 heteroatoms. The van der Waals surface area contributed by atoms with Crippen LogP contribution >= 0.6 is 0 Å². The van der Waals surface area contributed by atoms with Crippen LogP contribution in [0.25, 0.3) is 0 Å². The quantitative estimate of drug-likeness (QED) is 0.905. The lowest BCUT2D eigenvalue weighted by Crippen LogP contribution is -2.45. The lowest BCUT2D eigenvalue weighted by atomic mass is 10.0. The van der Waals surface area contributed by atoms with Crippen molar-refractivity contribution in [1.29, 1.82) is 0 Å². The van der Waals surface area contributed by atoms with Gasteiger partial charge in [-0.25, -0.2) is 0 Å². The minimum Gasteiger partial charge on any atom is -0.496 e. The smallest absolute Gasteiger partial charge is 0.243 e. The minimum absolute atomic E-state index is 0.0200. The number of nitrogens with zero attached hydrogens (tertiary/aromatic N) is 1. The second kappa shape index (κ2) is 7.28. The Hall–Kier alpha value is -2.33. The van der Waals surface area contributed by atoms with Gasteiger partial charge in [0.25, 0.3) is 0 Å². The van der Waals surface area contributed by atoms with Gasteiger partial charge >= 0.3 is 0 Å². The van der Waals surface area contributed by atoms with Crippen LogP contribution in [0.1, 0.15) is 36.6 Å². The molecule has 0 bridgehead atoms. The number of carbonyl (C=O) groups excluding carboxylic acids is 1. The molecule has 0 radical (unpaired) electrons. The highest BCUT2D eigenvalue weighted by atomic mass is 16.5. The maximum Gasteiger partial charge on any atom is 0.243 e. The van der Waals surface area contributed by atoms with E-state index in [0.29, 0.717) is 0 Å². The van der Waals surface area contributed by atoms with Crippen molar-refractivity contribution in [2.24, 2.45) is 0 Å². The first-order chi connectivity index (χ1) is 12.0. The SMILES string of the molecule is COc1ccc(C)cc1C(C)NC(C)C(=O)N1CCc2ccccc21. The Morgan fingerprint density at radius 3 is 2.72 bits per heavy atom. The third kappa shape index (κ3) is 3.54. The summed E-state index contributed by atoms with van der Waals surface area (Å²) in [6.45, 7) is 6.82. The number of methoxy groups -OCH3 is 1. The standard InChI is InChI=1S/C21H26N2O2/c1-14-9-10-20(25-4)18(13-14)15(2)22-16(3)21(24)23-12-11-17-7-5-6-8-19(17)23/h5-10,13,15-16,22H,11-12H2,1-4H3. The molecule has 0 fully saturated rings. The Kier molecular flexibility index (Phi) is 5.09. The summed E-state index contributed by atoms with van der Waals surface area (Å²) in [6.07, 6.45) is 0.926. The number of hydrogen-bond donors (Lipinski definition) is 1. The molecule has 4 nitrogen and oxygen atoms in total. The highest BCUT2D eigenvalue weighted by molar-refractivity contribution is 5.98. The fraction of sp³-hybridized carbons (Fsp3) is 0.381. The highest BCUT2D eigenvalue weighted by Crippen LogP contribution is 2.29. The van der Waals surface area contributed by atoms with E-state index in [1.807, 2.05) is 42.2 Å². The van der Waals surface area contributed by atoms with Gasteiger partial charge in [0.2, 0.25) is 5.91 Å². The van der Waals surface area contributed by atoms with E-state index in [1.54, 1.807) is 7.11 Å². The maximum atomic E-state index is 12.9. The molecule has 1 aliphatic rings. The Balaban J connectivity index is 1.73. The molecule has 0 aliphatic carbocycles. The van der Waals surface area contributed by atoms with E-state index in [0.717, 1.165) is 30.0 Å². The summed E-state index contributed by atoms with van der Waals surface area (Å²) in [4.78, 5) is 14.8. The zero-order valence-corrected chi connectivity index (χ0v) is 15.4. The predicted molar refractivity (Wildman–Crippen MR) is 101 cm³/mol. The van der Waals surface area contributed by atoms with Gasteiger partial charge in [-0.3, -0.25) is 10.1 Å². The Morgan fingerprint density at radius 2 is 1.96 bits per heavy atom. The first-order valence-corrected chi connectivity index (χ1v) is 8.81. The van der Waals surface area contributed by atoms with Crippen molar-refractivity contribution in [1.82, 2.24) is 5.32 Å². The fourth-order valence-electron chi connectivity index (χ4n) is 3.53. The van der Waals surface area contributed by atoms with E-state index in [9.17, 15) is 4.79 Å². The number of benzene rings is 2. The predicted octanol–water partition coefficient (Wildman–Crippen LogP) is 3.63. The number of hydrogen-bond acceptors (Lipinski definition) is 3. The molecular formula is C21H26N2O2. The number of carbonyl (C=O) groups is 1. The van der Waals surface area contributed by atoms with Gasteiger partial charge in [-0.05, 0) is 44.9 Å². The molecule has 2 atom stereocenters. The van der Waals surface area contributed by atoms with Crippen molar-refractivity contribution in [3.8, 4) is 5.75 Å². The molecule has 1 amide bonds. The maximum absolute atomic E-state index is 12.9. The molecule has 0 aromatic heterocycles. The Morgan fingerprint density at radius 1 is 1.20 bits per heavy atom. The van der Waals surface area contributed by atoms with E-state index >= 15 is 0 Å². The number of nitrogens with one attached hydrogen (secondary N) is 1. The normalized spacial score (nSPS) is 15.6. The van der Waals surface area contributed by atoms with E-state index in [1.165, 1.54) is 11.1 Å². The van der Waals surface area contributed by atoms with Crippen molar-refractivity contribution < 1.29 is 9.53 Å². The van der Waals surface area contributed by atoms with Gasteiger partial charge in [0, 0.05) is 23.8 Å². The van der Waals surface area contributed by atoms with Crippen LogP contribution in [0, 0.1) is 6.92 Å². The monoisotopic (exact) mass is 338 g/mol.